The number of nitrogens with one attached hydrogen (secondary N) is 1. The zero-order chi connectivity index (χ0) is 18.6. The normalized spacial score (nSPS) is 10.6. The number of ether oxygens (including phenoxy) is 2. The second-order valence-corrected chi connectivity index (χ2v) is 6.65. The van der Waals surface area contributed by atoms with Crippen molar-refractivity contribution in [2.24, 2.45) is 0 Å². The average molecular weight is 376 g/mol. The molecule has 0 aliphatic heterocycles. The number of carbonyl (C=O) groups excluding carboxylic acids is 1. The van der Waals surface area contributed by atoms with E-state index in [4.69, 9.17) is 9.47 Å². The third-order valence-corrected chi connectivity index (χ3v) is 4.79. The van der Waals surface area contributed by atoms with Crippen molar-refractivity contribution in [1.82, 2.24) is 4.98 Å². The quantitative estimate of drug-likeness (QED) is 0.510. The molecule has 1 amide bonds. The fraction of sp³-hybridized carbons (Fsp3) is 0.0476. The molecule has 0 spiro atoms. The maximum Gasteiger partial charge on any atom is 0.255 e. The van der Waals surface area contributed by atoms with E-state index in [0.29, 0.717) is 28.5 Å². The molecule has 0 fully saturated rings. The summed E-state index contributed by atoms with van der Waals surface area (Å²) in [7, 11) is 1.60. The smallest absolute Gasteiger partial charge is 0.255 e. The molecule has 0 unspecified atom stereocenters. The van der Waals surface area contributed by atoms with Gasteiger partial charge in [-0.05, 0) is 54.6 Å². The van der Waals surface area contributed by atoms with Gasteiger partial charge in [-0.15, -0.1) is 11.3 Å². The van der Waals surface area contributed by atoms with Crippen LogP contribution in [0, 0.1) is 0 Å². The highest BCUT2D eigenvalue weighted by atomic mass is 32.1. The van der Waals surface area contributed by atoms with E-state index >= 15 is 0 Å². The zero-order valence-electron chi connectivity index (χ0n) is 14.5. The Hall–Kier alpha value is -3.38. The highest BCUT2D eigenvalue weighted by Gasteiger charge is 2.09. The number of methoxy groups -OCH3 is 1. The number of para-hydroxylation sites is 2. The molecular formula is C21H16N2O3S. The molecule has 6 heteroatoms. The summed E-state index contributed by atoms with van der Waals surface area (Å²) in [4.78, 5) is 16.7. The van der Waals surface area contributed by atoms with Crippen LogP contribution in [0.15, 0.2) is 72.2 Å². The zero-order valence-corrected chi connectivity index (χ0v) is 15.3. The first-order valence-corrected chi connectivity index (χ1v) is 9.16. The van der Waals surface area contributed by atoms with Crippen LogP contribution in [0.4, 0.5) is 5.69 Å². The second-order valence-electron chi connectivity index (χ2n) is 5.77. The van der Waals surface area contributed by atoms with Crippen molar-refractivity contribution in [3.8, 4) is 17.2 Å². The number of carbonyl (C=O) groups is 1. The summed E-state index contributed by atoms with van der Waals surface area (Å²) in [6.07, 6.45) is 0. The topological polar surface area (TPSA) is 60.5 Å². The van der Waals surface area contributed by atoms with E-state index < -0.39 is 0 Å². The maximum absolute atomic E-state index is 12.5. The second kappa shape index (κ2) is 7.47. The standard InChI is InChI=1S/C21H16N2O3S/c1-25-18-4-2-3-5-19(18)26-16-9-7-15(8-10-16)23-21(24)14-6-11-17-20(12-14)27-13-22-17/h2-13H,1H3,(H,23,24). The van der Waals surface area contributed by atoms with Gasteiger partial charge in [-0.1, -0.05) is 12.1 Å². The number of benzene rings is 3. The minimum Gasteiger partial charge on any atom is -0.493 e. The van der Waals surface area contributed by atoms with Gasteiger partial charge in [0.25, 0.3) is 5.91 Å². The molecule has 0 saturated carbocycles. The number of aromatic nitrogens is 1. The molecule has 4 aromatic rings. The Labute approximate surface area is 160 Å². The van der Waals surface area contributed by atoms with Gasteiger partial charge in [-0.2, -0.15) is 0 Å². The van der Waals surface area contributed by atoms with Crippen LogP contribution in [0.2, 0.25) is 0 Å². The van der Waals surface area contributed by atoms with Crippen molar-refractivity contribution < 1.29 is 14.3 Å². The van der Waals surface area contributed by atoms with Crippen LogP contribution in [0.5, 0.6) is 17.2 Å². The molecule has 1 N–H and O–H groups in total. The lowest BCUT2D eigenvalue weighted by molar-refractivity contribution is 0.102. The van der Waals surface area contributed by atoms with Gasteiger partial charge in [0.15, 0.2) is 11.5 Å². The predicted molar refractivity (Wildman–Crippen MR) is 107 cm³/mol. The Morgan fingerprint density at radius 3 is 2.56 bits per heavy atom. The van der Waals surface area contributed by atoms with Gasteiger partial charge in [-0.3, -0.25) is 4.79 Å². The van der Waals surface area contributed by atoms with Crippen LogP contribution in [0.3, 0.4) is 0 Å². The number of fused-ring (bicyclic) bond motifs is 1. The Morgan fingerprint density at radius 2 is 1.78 bits per heavy atom. The molecule has 0 saturated heterocycles. The molecule has 0 aliphatic carbocycles. The van der Waals surface area contributed by atoms with Crippen LogP contribution in [0.25, 0.3) is 10.2 Å². The molecular weight excluding hydrogens is 360 g/mol. The van der Waals surface area contributed by atoms with Crippen molar-refractivity contribution in [3.05, 3.63) is 77.8 Å². The number of hydrogen-bond donors (Lipinski definition) is 1. The van der Waals surface area contributed by atoms with E-state index in [1.807, 2.05) is 36.4 Å². The summed E-state index contributed by atoms with van der Waals surface area (Å²) in [6.45, 7) is 0. The van der Waals surface area contributed by atoms with E-state index in [2.05, 4.69) is 10.3 Å². The first-order valence-electron chi connectivity index (χ1n) is 8.28. The Morgan fingerprint density at radius 1 is 1.00 bits per heavy atom. The Balaban J connectivity index is 1.46. The monoisotopic (exact) mass is 376 g/mol. The van der Waals surface area contributed by atoms with E-state index in [1.54, 1.807) is 43.0 Å². The van der Waals surface area contributed by atoms with Crippen molar-refractivity contribution >= 4 is 33.1 Å². The summed E-state index contributed by atoms with van der Waals surface area (Å²) < 4.78 is 12.1. The summed E-state index contributed by atoms with van der Waals surface area (Å²) in [5.41, 5.74) is 3.96. The summed E-state index contributed by atoms with van der Waals surface area (Å²) in [5.74, 6) is 1.79. The van der Waals surface area contributed by atoms with E-state index in [9.17, 15) is 4.79 Å². The molecule has 5 nitrogen and oxygen atoms in total. The highest BCUT2D eigenvalue weighted by molar-refractivity contribution is 7.16. The van der Waals surface area contributed by atoms with Gasteiger partial charge in [0, 0.05) is 11.3 Å². The number of rotatable bonds is 5. The molecule has 1 heterocycles. The van der Waals surface area contributed by atoms with Gasteiger partial charge in [-0.25, -0.2) is 4.98 Å². The molecule has 134 valence electrons. The summed E-state index contributed by atoms with van der Waals surface area (Å²) in [5, 5.41) is 2.89. The van der Waals surface area contributed by atoms with Crippen molar-refractivity contribution in [2.45, 2.75) is 0 Å². The van der Waals surface area contributed by atoms with Crippen molar-refractivity contribution in [1.29, 1.82) is 0 Å². The number of hydrogen-bond acceptors (Lipinski definition) is 5. The van der Waals surface area contributed by atoms with E-state index in [0.717, 1.165) is 10.2 Å². The number of nitrogens with zero attached hydrogens (tertiary/aromatic N) is 1. The molecule has 1 aromatic heterocycles. The molecule has 4 rings (SSSR count). The lowest BCUT2D eigenvalue weighted by Crippen LogP contribution is -2.11. The SMILES string of the molecule is COc1ccccc1Oc1ccc(NC(=O)c2ccc3ncsc3c2)cc1. The van der Waals surface area contributed by atoms with Crippen molar-refractivity contribution in [2.75, 3.05) is 12.4 Å². The number of thiazole rings is 1. The van der Waals surface area contributed by atoms with Crippen LogP contribution >= 0.6 is 11.3 Å². The molecule has 3 aromatic carbocycles. The van der Waals surface area contributed by atoms with Crippen LogP contribution in [-0.2, 0) is 0 Å². The number of amides is 1. The lowest BCUT2D eigenvalue weighted by atomic mass is 10.2. The third kappa shape index (κ3) is 3.75. The van der Waals surface area contributed by atoms with Gasteiger partial charge in [0.05, 0.1) is 22.8 Å². The number of anilines is 1. The largest absolute Gasteiger partial charge is 0.493 e. The van der Waals surface area contributed by atoms with Gasteiger partial charge in [0.2, 0.25) is 0 Å². The molecule has 0 radical (unpaired) electrons. The Kier molecular flexibility index (Phi) is 4.72. The molecule has 0 atom stereocenters. The van der Waals surface area contributed by atoms with Crippen molar-refractivity contribution in [3.63, 3.8) is 0 Å². The van der Waals surface area contributed by atoms with Gasteiger partial charge in [0.1, 0.15) is 5.75 Å². The summed E-state index contributed by atoms with van der Waals surface area (Å²) in [6, 6.07) is 20.1. The van der Waals surface area contributed by atoms with Crippen LogP contribution in [-0.4, -0.2) is 18.0 Å². The van der Waals surface area contributed by atoms with Gasteiger partial charge >= 0.3 is 0 Å². The average Bonchev–Trinajstić information content (AvgIpc) is 3.17. The fourth-order valence-corrected chi connectivity index (χ4v) is 3.35. The fourth-order valence-electron chi connectivity index (χ4n) is 2.64. The molecule has 0 bridgehead atoms. The Bertz CT molecular complexity index is 1090. The van der Waals surface area contributed by atoms with Gasteiger partial charge < -0.3 is 14.8 Å². The third-order valence-electron chi connectivity index (χ3n) is 4.00. The van der Waals surface area contributed by atoms with Crippen LogP contribution < -0.4 is 14.8 Å². The first kappa shape index (κ1) is 17.1. The predicted octanol–water partition coefficient (Wildman–Crippen LogP) is 5.35. The summed E-state index contributed by atoms with van der Waals surface area (Å²) >= 11 is 1.51. The van der Waals surface area contributed by atoms with Crippen LogP contribution in [0.1, 0.15) is 10.4 Å². The minimum absolute atomic E-state index is 0.163. The molecule has 0 aliphatic rings. The first-order chi connectivity index (χ1) is 13.2. The van der Waals surface area contributed by atoms with E-state index in [1.165, 1.54) is 11.3 Å². The highest BCUT2D eigenvalue weighted by Crippen LogP contribution is 2.31. The molecule has 27 heavy (non-hydrogen) atoms. The maximum atomic E-state index is 12.5. The minimum atomic E-state index is -0.163. The van der Waals surface area contributed by atoms with E-state index in [-0.39, 0.29) is 5.91 Å². The lowest BCUT2D eigenvalue weighted by Gasteiger charge is -2.11.